The van der Waals surface area contributed by atoms with Gasteiger partial charge in [-0.25, -0.2) is 0 Å². The van der Waals surface area contributed by atoms with Crippen LogP contribution >= 0.6 is 0 Å². The summed E-state index contributed by atoms with van der Waals surface area (Å²) in [5.74, 6) is 0. The van der Waals surface area contributed by atoms with Gasteiger partial charge < -0.3 is 4.74 Å². The molecule has 0 radical (unpaired) electrons. The predicted octanol–water partition coefficient (Wildman–Crippen LogP) is 2.21. The maximum atomic E-state index is 5.11. The molecule has 50 valence electrons. The zero-order valence-electron chi connectivity index (χ0n) is 4.81. The Bertz CT molecular complexity index is 46.3. The van der Waals surface area contributed by atoms with E-state index in [0.717, 1.165) is 0 Å². The molecule has 0 bridgehead atoms. The molecule has 0 aromatic rings. The van der Waals surface area contributed by atoms with Crippen LogP contribution < -0.4 is 0 Å². The molecule has 1 aliphatic rings. The summed E-state index contributed by atoms with van der Waals surface area (Å²) >= 11 is 0. The highest BCUT2D eigenvalue weighted by molar-refractivity contribution is 4.65. The fourth-order valence-electron chi connectivity index (χ4n) is 1.12. The molecule has 0 atom stereocenters. The summed E-state index contributed by atoms with van der Waals surface area (Å²) in [6.07, 6.45) is 5.92. The van der Waals surface area contributed by atoms with Crippen LogP contribution in [0.4, 0.5) is 0 Å². The minimum Gasteiger partial charge on any atom is -0.381 e. The topological polar surface area (TPSA) is 9.23 Å². The van der Waals surface area contributed by atoms with Gasteiger partial charge in [0.15, 0.2) is 0 Å². The molecule has 1 saturated carbocycles. The Labute approximate surface area is 52.0 Å². The van der Waals surface area contributed by atoms with Crippen molar-refractivity contribution >= 4 is 0 Å². The van der Waals surface area contributed by atoms with Crippen LogP contribution in [-0.4, -0.2) is 13.2 Å². The Morgan fingerprint density at radius 1 is 1.25 bits per heavy atom. The van der Waals surface area contributed by atoms with Gasteiger partial charge in [-0.05, 0) is 12.8 Å². The van der Waals surface area contributed by atoms with Gasteiger partial charge in [-0.15, -0.1) is 0 Å². The van der Waals surface area contributed by atoms with Gasteiger partial charge in [0.1, 0.15) is 0 Å². The van der Waals surface area contributed by atoms with Crippen LogP contribution in [0.3, 0.4) is 0 Å². The Morgan fingerprint density at radius 2 is 1.75 bits per heavy atom. The van der Waals surface area contributed by atoms with Gasteiger partial charge in [0, 0.05) is 7.11 Å². The maximum absolute atomic E-state index is 5.11. The second-order valence-electron chi connectivity index (χ2n) is 2.14. The largest absolute Gasteiger partial charge is 0.381 e. The maximum Gasteiger partial charge on any atom is 0.0571 e. The first-order valence-electron chi connectivity index (χ1n) is 2.96. The number of hydrogen-bond donors (Lipinski definition) is 0. The fourth-order valence-corrected chi connectivity index (χ4v) is 1.12. The Kier molecular flexibility index (Phi) is 3.88. The normalized spacial score (nSPS) is 20.6. The Balaban J connectivity index is 0.000000490. The molecular formula is C7H16O. The molecule has 1 aliphatic carbocycles. The monoisotopic (exact) mass is 116 g/mol. The lowest BCUT2D eigenvalue weighted by Crippen LogP contribution is -2.01. The average molecular weight is 116 g/mol. The van der Waals surface area contributed by atoms with Crippen LogP contribution in [-0.2, 0) is 4.74 Å². The van der Waals surface area contributed by atoms with E-state index in [1.54, 1.807) is 7.11 Å². The molecule has 0 spiro atoms. The highest BCUT2D eigenvalue weighted by Crippen LogP contribution is 2.19. The SMILES string of the molecule is C.COC1CCCC1. The molecule has 0 N–H and O–H groups in total. The number of ether oxygens (including phenoxy) is 1. The number of methoxy groups -OCH3 is 1. The van der Waals surface area contributed by atoms with Gasteiger partial charge >= 0.3 is 0 Å². The van der Waals surface area contributed by atoms with E-state index in [9.17, 15) is 0 Å². The summed E-state index contributed by atoms with van der Waals surface area (Å²) in [5, 5.41) is 0. The number of hydrogen-bond acceptors (Lipinski definition) is 1. The van der Waals surface area contributed by atoms with E-state index in [-0.39, 0.29) is 7.43 Å². The van der Waals surface area contributed by atoms with E-state index in [0.29, 0.717) is 6.10 Å². The third-order valence-corrected chi connectivity index (χ3v) is 1.64. The van der Waals surface area contributed by atoms with Crippen molar-refractivity contribution in [3.05, 3.63) is 0 Å². The standard InChI is InChI=1S/C6H12O.CH4/c1-7-6-4-2-3-5-6;/h6H,2-5H2,1H3;1H4. The van der Waals surface area contributed by atoms with Crippen molar-refractivity contribution in [2.75, 3.05) is 7.11 Å². The number of rotatable bonds is 1. The molecule has 8 heavy (non-hydrogen) atoms. The Hall–Kier alpha value is -0.0400. The lowest BCUT2D eigenvalue weighted by Gasteiger charge is -2.02. The molecule has 0 aliphatic heterocycles. The molecule has 1 heteroatoms. The summed E-state index contributed by atoms with van der Waals surface area (Å²) < 4.78 is 5.11. The van der Waals surface area contributed by atoms with Crippen molar-refractivity contribution in [3.8, 4) is 0 Å². The van der Waals surface area contributed by atoms with Crippen LogP contribution in [0.2, 0.25) is 0 Å². The summed E-state index contributed by atoms with van der Waals surface area (Å²) in [6.45, 7) is 0. The molecule has 1 fully saturated rings. The van der Waals surface area contributed by atoms with Crippen LogP contribution in [0.15, 0.2) is 0 Å². The second kappa shape index (κ2) is 3.90. The van der Waals surface area contributed by atoms with Gasteiger partial charge in [0.05, 0.1) is 6.10 Å². The lowest BCUT2D eigenvalue weighted by molar-refractivity contribution is 0.109. The van der Waals surface area contributed by atoms with E-state index in [1.165, 1.54) is 25.7 Å². The smallest absolute Gasteiger partial charge is 0.0571 e. The first-order valence-corrected chi connectivity index (χ1v) is 2.96. The van der Waals surface area contributed by atoms with Crippen molar-refractivity contribution in [1.29, 1.82) is 0 Å². The van der Waals surface area contributed by atoms with E-state index in [1.807, 2.05) is 0 Å². The minimum atomic E-state index is 0. The van der Waals surface area contributed by atoms with Gasteiger partial charge in [0.25, 0.3) is 0 Å². The summed E-state index contributed by atoms with van der Waals surface area (Å²) in [6, 6.07) is 0. The van der Waals surface area contributed by atoms with E-state index in [2.05, 4.69) is 0 Å². The molecule has 0 aromatic heterocycles. The van der Waals surface area contributed by atoms with Gasteiger partial charge in [-0.2, -0.15) is 0 Å². The molecular weight excluding hydrogens is 100 g/mol. The first kappa shape index (κ1) is 7.96. The van der Waals surface area contributed by atoms with E-state index >= 15 is 0 Å². The fraction of sp³-hybridized carbons (Fsp3) is 1.00. The van der Waals surface area contributed by atoms with Gasteiger partial charge in [0.2, 0.25) is 0 Å². The van der Waals surface area contributed by atoms with Crippen molar-refractivity contribution in [3.63, 3.8) is 0 Å². The lowest BCUT2D eigenvalue weighted by atomic mass is 10.3. The predicted molar refractivity (Wildman–Crippen MR) is 36.0 cm³/mol. The summed E-state index contributed by atoms with van der Waals surface area (Å²) in [4.78, 5) is 0. The highest BCUT2D eigenvalue weighted by Gasteiger charge is 2.12. The van der Waals surface area contributed by atoms with E-state index < -0.39 is 0 Å². The molecule has 0 aromatic carbocycles. The van der Waals surface area contributed by atoms with Gasteiger partial charge in [-0.3, -0.25) is 0 Å². The van der Waals surface area contributed by atoms with Crippen LogP contribution in [0.25, 0.3) is 0 Å². The Morgan fingerprint density at radius 3 is 2.00 bits per heavy atom. The molecule has 0 saturated heterocycles. The average Bonchev–Trinajstić information content (AvgIpc) is 2.14. The highest BCUT2D eigenvalue weighted by atomic mass is 16.5. The van der Waals surface area contributed by atoms with Crippen LogP contribution in [0.5, 0.6) is 0 Å². The van der Waals surface area contributed by atoms with Crippen LogP contribution in [0, 0.1) is 0 Å². The van der Waals surface area contributed by atoms with Crippen molar-refractivity contribution in [2.45, 2.75) is 39.2 Å². The third kappa shape index (κ3) is 1.83. The zero-order valence-corrected chi connectivity index (χ0v) is 4.81. The molecule has 0 unspecified atom stereocenters. The second-order valence-corrected chi connectivity index (χ2v) is 2.14. The molecule has 0 heterocycles. The summed E-state index contributed by atoms with van der Waals surface area (Å²) in [5.41, 5.74) is 0. The first-order chi connectivity index (χ1) is 3.43. The quantitative estimate of drug-likeness (QED) is 0.510. The molecule has 1 nitrogen and oxygen atoms in total. The van der Waals surface area contributed by atoms with Crippen molar-refractivity contribution < 1.29 is 4.74 Å². The minimum absolute atomic E-state index is 0. The van der Waals surface area contributed by atoms with Crippen LogP contribution in [0.1, 0.15) is 33.1 Å². The van der Waals surface area contributed by atoms with Crippen molar-refractivity contribution in [1.82, 2.24) is 0 Å². The zero-order chi connectivity index (χ0) is 5.11. The molecule has 0 amide bonds. The third-order valence-electron chi connectivity index (χ3n) is 1.64. The summed E-state index contributed by atoms with van der Waals surface area (Å²) in [7, 11) is 1.80. The molecule has 1 rings (SSSR count). The van der Waals surface area contributed by atoms with E-state index in [4.69, 9.17) is 4.74 Å². The van der Waals surface area contributed by atoms with Crippen molar-refractivity contribution in [2.24, 2.45) is 0 Å². The van der Waals surface area contributed by atoms with Gasteiger partial charge in [-0.1, -0.05) is 20.3 Å².